The summed E-state index contributed by atoms with van der Waals surface area (Å²) in [6, 6.07) is 6.50. The topological polar surface area (TPSA) is 43.4 Å². The monoisotopic (exact) mass is 244 g/mol. The van der Waals surface area contributed by atoms with Crippen molar-refractivity contribution in [2.45, 2.75) is 11.8 Å². The molecule has 0 bridgehead atoms. The molecule has 0 radical (unpaired) electrons. The third-order valence-corrected chi connectivity index (χ3v) is 2.82. The quantitative estimate of drug-likeness (QED) is 0.583. The van der Waals surface area contributed by atoms with Gasteiger partial charge in [-0.15, -0.1) is 0 Å². The first kappa shape index (κ1) is 12.6. The van der Waals surface area contributed by atoms with Crippen LogP contribution in [-0.2, 0) is 30.8 Å². The summed E-state index contributed by atoms with van der Waals surface area (Å²) < 4.78 is 26.5. The summed E-state index contributed by atoms with van der Waals surface area (Å²) in [6.07, 6.45) is 0. The van der Waals surface area contributed by atoms with E-state index in [-0.39, 0.29) is 21.4 Å². The summed E-state index contributed by atoms with van der Waals surface area (Å²) in [7, 11) is -2.37. The molecular weight excluding hydrogens is 235 g/mol. The van der Waals surface area contributed by atoms with Gasteiger partial charge in [-0.05, 0) is 19.1 Å². The molecule has 1 aromatic rings. The van der Waals surface area contributed by atoms with E-state index in [2.05, 4.69) is 4.18 Å². The van der Waals surface area contributed by atoms with Crippen molar-refractivity contribution < 1.29 is 29.1 Å². The molecule has 0 unspecified atom stereocenters. The van der Waals surface area contributed by atoms with Gasteiger partial charge >= 0.3 is 0 Å². The van der Waals surface area contributed by atoms with E-state index in [9.17, 15) is 8.42 Å². The molecule has 1 rings (SSSR count). The molecule has 13 heavy (non-hydrogen) atoms. The first-order chi connectivity index (χ1) is 5.56. The van der Waals surface area contributed by atoms with Crippen molar-refractivity contribution in [2.75, 3.05) is 7.11 Å². The van der Waals surface area contributed by atoms with E-state index < -0.39 is 10.1 Å². The second-order valence-electron chi connectivity index (χ2n) is 2.43. The van der Waals surface area contributed by atoms with Gasteiger partial charge in [0.25, 0.3) is 10.1 Å². The van der Waals surface area contributed by atoms with E-state index in [1.807, 2.05) is 6.92 Å². The molecule has 0 N–H and O–H groups in total. The Morgan fingerprint density at radius 1 is 1.15 bits per heavy atom. The zero-order valence-corrected chi connectivity index (χ0v) is 9.06. The van der Waals surface area contributed by atoms with Crippen molar-refractivity contribution in [3.63, 3.8) is 0 Å². The molecule has 0 saturated carbocycles. The van der Waals surface area contributed by atoms with Crippen LogP contribution in [0.1, 0.15) is 5.56 Å². The SMILES string of the molecule is COS(=O)(=O)c1ccc(C)cc1.[Ni]. The van der Waals surface area contributed by atoms with Gasteiger partial charge in [-0.25, -0.2) is 0 Å². The van der Waals surface area contributed by atoms with Crippen LogP contribution in [0, 0.1) is 6.92 Å². The molecule has 0 aliphatic rings. The maximum atomic E-state index is 11.1. The zero-order chi connectivity index (χ0) is 9.19. The van der Waals surface area contributed by atoms with Gasteiger partial charge < -0.3 is 0 Å². The molecule has 0 spiro atoms. The summed E-state index contributed by atoms with van der Waals surface area (Å²) >= 11 is 0. The van der Waals surface area contributed by atoms with Gasteiger partial charge in [-0.1, -0.05) is 17.7 Å². The molecule has 0 atom stereocenters. The summed E-state index contributed by atoms with van der Waals surface area (Å²) in [6.45, 7) is 1.89. The fraction of sp³-hybridized carbons (Fsp3) is 0.250. The van der Waals surface area contributed by atoms with E-state index in [1.54, 1.807) is 12.1 Å². The minimum absolute atomic E-state index is 0. The van der Waals surface area contributed by atoms with Crippen LogP contribution in [-0.4, -0.2) is 15.5 Å². The second-order valence-corrected chi connectivity index (χ2v) is 4.15. The first-order valence-corrected chi connectivity index (χ1v) is 4.84. The van der Waals surface area contributed by atoms with E-state index in [0.29, 0.717) is 0 Å². The smallest absolute Gasteiger partial charge is 0.270 e. The number of hydrogen-bond donors (Lipinski definition) is 0. The Morgan fingerprint density at radius 3 is 2.00 bits per heavy atom. The van der Waals surface area contributed by atoms with Crippen molar-refractivity contribution >= 4 is 10.1 Å². The summed E-state index contributed by atoms with van der Waals surface area (Å²) in [5.41, 5.74) is 1.02. The first-order valence-electron chi connectivity index (χ1n) is 3.43. The molecule has 0 heterocycles. The minimum atomic E-state index is -3.51. The van der Waals surface area contributed by atoms with Crippen molar-refractivity contribution in [2.24, 2.45) is 0 Å². The van der Waals surface area contributed by atoms with Gasteiger partial charge in [0, 0.05) is 16.5 Å². The van der Waals surface area contributed by atoms with Crippen LogP contribution in [0.15, 0.2) is 29.2 Å². The van der Waals surface area contributed by atoms with Gasteiger partial charge in [0.05, 0.1) is 12.0 Å². The average Bonchev–Trinajstić information content (AvgIpc) is 2.05. The standard InChI is InChI=1S/C8H10O3S.Ni/c1-7-3-5-8(6-4-7)12(9,10)11-2;/h3-6H,1-2H3;. The van der Waals surface area contributed by atoms with Crippen LogP contribution < -0.4 is 0 Å². The van der Waals surface area contributed by atoms with E-state index in [4.69, 9.17) is 0 Å². The molecule has 0 aliphatic carbocycles. The molecule has 1 aromatic carbocycles. The van der Waals surface area contributed by atoms with Gasteiger partial charge in [0.2, 0.25) is 0 Å². The number of rotatable bonds is 2. The number of aryl methyl sites for hydroxylation is 1. The molecule has 0 aromatic heterocycles. The molecular formula is C8H10NiO3S. The molecule has 0 saturated heterocycles. The van der Waals surface area contributed by atoms with Crippen LogP contribution in [0.25, 0.3) is 0 Å². The largest absolute Gasteiger partial charge is 0.296 e. The Balaban J connectivity index is 0.00000144. The van der Waals surface area contributed by atoms with Crippen LogP contribution >= 0.6 is 0 Å². The summed E-state index contributed by atoms with van der Waals surface area (Å²) in [5, 5.41) is 0. The maximum absolute atomic E-state index is 11.1. The number of benzene rings is 1. The molecule has 0 fully saturated rings. The Morgan fingerprint density at radius 2 is 1.62 bits per heavy atom. The minimum Gasteiger partial charge on any atom is -0.270 e. The van der Waals surface area contributed by atoms with Crippen molar-refractivity contribution in [1.82, 2.24) is 0 Å². The number of hydrogen-bond acceptors (Lipinski definition) is 3. The molecule has 3 nitrogen and oxygen atoms in total. The van der Waals surface area contributed by atoms with Crippen molar-refractivity contribution in [3.8, 4) is 0 Å². The Bertz CT molecular complexity index is 355. The average molecular weight is 245 g/mol. The van der Waals surface area contributed by atoms with Gasteiger partial charge in [-0.2, -0.15) is 8.42 Å². The fourth-order valence-electron chi connectivity index (χ4n) is 0.801. The van der Waals surface area contributed by atoms with Crippen LogP contribution in [0.5, 0.6) is 0 Å². The maximum Gasteiger partial charge on any atom is 0.296 e. The Labute approximate surface area is 88.2 Å². The van der Waals surface area contributed by atoms with Crippen LogP contribution in [0.2, 0.25) is 0 Å². The van der Waals surface area contributed by atoms with Crippen molar-refractivity contribution in [1.29, 1.82) is 0 Å². The summed E-state index contributed by atoms with van der Waals surface area (Å²) in [4.78, 5) is 0.190. The molecule has 76 valence electrons. The van der Waals surface area contributed by atoms with Gasteiger partial charge in [0.15, 0.2) is 0 Å². The molecule has 5 heteroatoms. The third kappa shape index (κ3) is 3.10. The zero-order valence-electron chi connectivity index (χ0n) is 7.26. The predicted octanol–water partition coefficient (Wildman–Crippen LogP) is 1.33. The van der Waals surface area contributed by atoms with Crippen molar-refractivity contribution in [3.05, 3.63) is 29.8 Å². The van der Waals surface area contributed by atoms with Gasteiger partial charge in [0.1, 0.15) is 0 Å². The van der Waals surface area contributed by atoms with Crippen LogP contribution in [0.4, 0.5) is 0 Å². The fourth-order valence-corrected chi connectivity index (χ4v) is 1.46. The normalized spacial score (nSPS) is 10.6. The predicted molar refractivity (Wildman–Crippen MR) is 45.4 cm³/mol. The van der Waals surface area contributed by atoms with E-state index >= 15 is 0 Å². The molecule has 0 amide bonds. The van der Waals surface area contributed by atoms with E-state index in [0.717, 1.165) is 12.7 Å². The van der Waals surface area contributed by atoms with Gasteiger partial charge in [-0.3, -0.25) is 4.18 Å². The molecule has 0 aliphatic heterocycles. The Kier molecular flexibility index (Phi) is 4.61. The second kappa shape index (κ2) is 4.75. The summed E-state index contributed by atoms with van der Waals surface area (Å²) in [5.74, 6) is 0. The third-order valence-electron chi connectivity index (χ3n) is 1.53. The Hall–Kier alpha value is -0.376. The van der Waals surface area contributed by atoms with E-state index in [1.165, 1.54) is 12.1 Å². The van der Waals surface area contributed by atoms with Crippen LogP contribution in [0.3, 0.4) is 0 Å².